The van der Waals surface area contributed by atoms with Gasteiger partial charge in [0.25, 0.3) is 0 Å². The second-order valence-corrected chi connectivity index (χ2v) is 18.9. The quantitative estimate of drug-likeness (QED) is 0.0843. The molecular weight excluding hydrogens is 1000 g/mol. The third-order valence-electron chi connectivity index (χ3n) is 6.81. The number of amides is 4. The first-order chi connectivity index (χ1) is 34.3. The number of nitrogens with one attached hydrogen (secondary N) is 5. The molecular formula is C58H125N7O9S2. The van der Waals surface area contributed by atoms with Crippen LogP contribution in [0.15, 0.2) is 30.3 Å². The summed E-state index contributed by atoms with van der Waals surface area (Å²) in [6.07, 6.45) is 0.259. The zero-order valence-corrected chi connectivity index (χ0v) is 56.1. The van der Waals surface area contributed by atoms with Crippen LogP contribution in [-0.4, -0.2) is 141 Å². The molecule has 0 spiro atoms. The van der Waals surface area contributed by atoms with E-state index in [4.69, 9.17) is 17.0 Å². The number of methoxy groups -OCH3 is 1. The van der Waals surface area contributed by atoms with Crippen LogP contribution in [0, 0.1) is 17.8 Å². The van der Waals surface area contributed by atoms with Crippen molar-refractivity contribution < 1.29 is 43.0 Å². The molecule has 458 valence electrons. The number of Topliss-reactive ketones (excluding diaryl/α,β-unsaturated/α-hetero) is 1. The summed E-state index contributed by atoms with van der Waals surface area (Å²) in [5, 5.41) is 14.9. The van der Waals surface area contributed by atoms with E-state index in [0.717, 1.165) is 5.56 Å². The van der Waals surface area contributed by atoms with Gasteiger partial charge in [-0.2, -0.15) is 0 Å². The van der Waals surface area contributed by atoms with Gasteiger partial charge in [-0.25, -0.2) is 4.79 Å². The Kier molecular flexibility index (Phi) is 96.0. The van der Waals surface area contributed by atoms with Crippen LogP contribution in [0.2, 0.25) is 0 Å². The topological polar surface area (TPSA) is 197 Å². The van der Waals surface area contributed by atoms with Crippen molar-refractivity contribution in [2.75, 3.05) is 49.4 Å². The number of nitrogens with zero attached hydrogens (tertiary/aromatic N) is 2. The molecule has 1 aromatic carbocycles. The number of ether oxygens (including phenoxy) is 3. The van der Waals surface area contributed by atoms with E-state index in [9.17, 15) is 28.8 Å². The maximum Gasteiger partial charge on any atom is 0.314 e. The molecule has 0 radical (unpaired) electrons. The maximum atomic E-state index is 11.3. The highest BCUT2D eigenvalue weighted by Gasteiger charge is 2.09. The molecule has 0 fully saturated rings. The van der Waals surface area contributed by atoms with E-state index >= 15 is 0 Å². The predicted octanol–water partition coefficient (Wildman–Crippen LogP) is 12.8. The molecule has 76 heavy (non-hydrogen) atoms. The Labute approximate surface area is 481 Å². The van der Waals surface area contributed by atoms with Gasteiger partial charge in [0.2, 0.25) is 11.8 Å². The van der Waals surface area contributed by atoms with Crippen LogP contribution in [0.3, 0.4) is 0 Å². The first-order valence-corrected chi connectivity index (χ1v) is 27.2. The van der Waals surface area contributed by atoms with E-state index in [0.29, 0.717) is 22.2 Å². The summed E-state index contributed by atoms with van der Waals surface area (Å²) in [6.45, 7) is 51.6. The van der Waals surface area contributed by atoms with Crippen molar-refractivity contribution in [3.8, 4) is 0 Å². The van der Waals surface area contributed by atoms with Crippen molar-refractivity contribution in [2.24, 2.45) is 17.8 Å². The monoisotopic (exact) mass is 1130 g/mol. The van der Waals surface area contributed by atoms with E-state index in [-0.39, 0.29) is 85.0 Å². The summed E-state index contributed by atoms with van der Waals surface area (Å²) >= 11 is 9.46. The summed E-state index contributed by atoms with van der Waals surface area (Å²) in [7, 11) is 12.5. The van der Waals surface area contributed by atoms with Gasteiger partial charge < -0.3 is 50.6 Å². The summed E-state index contributed by atoms with van der Waals surface area (Å²) in [4.78, 5) is 66.7. The number of hydrogen-bond acceptors (Lipinski definition) is 12. The molecule has 0 bridgehead atoms. The van der Waals surface area contributed by atoms with Crippen LogP contribution in [0.4, 0.5) is 4.79 Å². The minimum Gasteiger partial charge on any atom is -0.485 e. The number of carbonyl (C=O) groups is 6. The highest BCUT2D eigenvalue weighted by molar-refractivity contribution is 7.80. The highest BCUT2D eigenvalue weighted by atomic mass is 32.1. The molecule has 0 aliphatic carbocycles. The van der Waals surface area contributed by atoms with Crippen LogP contribution in [-0.2, 0) is 33.4 Å². The van der Waals surface area contributed by atoms with Gasteiger partial charge >= 0.3 is 18.0 Å². The molecule has 5 N–H and O–H groups in total. The lowest BCUT2D eigenvalue weighted by Crippen LogP contribution is -2.37. The predicted molar refractivity (Wildman–Crippen MR) is 339 cm³/mol. The van der Waals surface area contributed by atoms with Crippen LogP contribution < -0.4 is 26.6 Å². The van der Waals surface area contributed by atoms with Gasteiger partial charge in [-0.3, -0.25) is 24.0 Å². The van der Waals surface area contributed by atoms with Gasteiger partial charge in [0.15, 0.2) is 15.9 Å². The maximum absolute atomic E-state index is 11.3. The summed E-state index contributed by atoms with van der Waals surface area (Å²) in [6, 6.07) is 10.9. The lowest BCUT2D eigenvalue weighted by molar-refractivity contribution is -0.145. The fourth-order valence-corrected chi connectivity index (χ4v) is 3.86. The van der Waals surface area contributed by atoms with Gasteiger partial charge in [-0.15, -0.1) is 0 Å². The Balaban J connectivity index is -0.0000000600. The van der Waals surface area contributed by atoms with Crippen molar-refractivity contribution in [1.82, 2.24) is 36.4 Å². The fourth-order valence-electron chi connectivity index (χ4n) is 3.43. The van der Waals surface area contributed by atoms with E-state index in [1.54, 1.807) is 53.9 Å². The number of carbonyl (C=O) groups excluding carboxylic acids is 6. The van der Waals surface area contributed by atoms with E-state index in [1.165, 1.54) is 21.0 Å². The SMILES string of the molecule is C.CC.CC.CC.CC(=O)NC(C)C.CC(=O)OC(C)C.CC(=S)OC(C)C.CC(C)C(=O)N(C)C.CC(C)C(=O)c1ccccc1.CC(C)N(C)C.CNC(=O)NC(C)C.CNC(=S)NC(C)C.COC(=O)C(C)C. The molecule has 18 heteroatoms. The molecule has 0 aliphatic rings. The summed E-state index contributed by atoms with van der Waals surface area (Å²) in [5.74, 6) is 0.299. The molecule has 1 aromatic rings. The molecule has 0 atom stereocenters. The first-order valence-electron chi connectivity index (χ1n) is 26.4. The number of hydrogen-bond donors (Lipinski definition) is 5. The number of thiocarbonyl (C=S) groups is 2. The standard InChI is InChI=1S/C10H12O.C6H13NO.C5H12N2O.C5H12N2S.C5H11NO.C5H13N.2C5H10O2.C5H10OS.3C2H6.CH4/c1-8(2)10(11)9-6-4-3-5-7-9;1-5(2)6(8)7(3)4;2*1-4(2)7-5(8)6-3;1-4(2)6-5(3)7;1-5(2)6(3)4;1-4(2)5(6)7-3;1-4(2)7-5(3)6;1-4(2)6-5(3)7;3*1-2;/h3-8H,1-2H3;5H,1-4H3;2*4H,1-3H3,(H2,6,7,8);4H,1-3H3,(H,6,7);5H,1-4H3;3*4H,1-3H3;3*1-2H3;1H4. The Bertz CT molecular complexity index is 1370. The third kappa shape index (κ3) is 114. The van der Waals surface area contributed by atoms with Crippen LogP contribution in [0.1, 0.15) is 205 Å². The van der Waals surface area contributed by atoms with E-state index in [2.05, 4.69) is 81.1 Å². The van der Waals surface area contributed by atoms with E-state index in [1.807, 2.05) is 169 Å². The molecule has 4 amide bonds. The smallest absolute Gasteiger partial charge is 0.314 e. The van der Waals surface area contributed by atoms with Crippen molar-refractivity contribution in [3.63, 3.8) is 0 Å². The number of urea groups is 1. The number of esters is 2. The van der Waals surface area contributed by atoms with Crippen molar-refractivity contribution >= 4 is 70.2 Å². The Morgan fingerprint density at radius 3 is 0.974 bits per heavy atom. The summed E-state index contributed by atoms with van der Waals surface area (Å²) in [5.41, 5.74) is 0.808. The highest BCUT2D eigenvalue weighted by Crippen LogP contribution is 2.06. The van der Waals surface area contributed by atoms with Crippen LogP contribution >= 0.6 is 24.4 Å². The number of benzene rings is 1. The average Bonchev–Trinajstić information content (AvgIpc) is 3.30. The Hall–Kier alpha value is -4.42. The van der Waals surface area contributed by atoms with Crippen LogP contribution in [0.5, 0.6) is 0 Å². The fraction of sp³-hybridized carbons (Fsp3) is 0.759. The molecule has 0 saturated carbocycles. The number of rotatable bonds is 10. The lowest BCUT2D eigenvalue weighted by atomic mass is 10.0. The molecule has 0 aliphatic heterocycles. The number of ketones is 1. The molecule has 0 heterocycles. The molecule has 16 nitrogen and oxygen atoms in total. The first kappa shape index (κ1) is 100. The van der Waals surface area contributed by atoms with Gasteiger partial charge in [-0.05, 0) is 122 Å². The van der Waals surface area contributed by atoms with Crippen molar-refractivity contribution in [3.05, 3.63) is 35.9 Å². The van der Waals surface area contributed by atoms with Crippen molar-refractivity contribution in [1.29, 1.82) is 0 Å². The van der Waals surface area contributed by atoms with Gasteiger partial charge in [0.1, 0.15) is 0 Å². The van der Waals surface area contributed by atoms with Gasteiger partial charge in [0.05, 0.1) is 25.2 Å². The molecule has 0 unspecified atom stereocenters. The van der Waals surface area contributed by atoms with Crippen molar-refractivity contribution in [2.45, 2.75) is 231 Å². The molecule has 0 saturated heterocycles. The minimum atomic E-state index is -0.213. The van der Waals surface area contributed by atoms with Gasteiger partial charge in [-0.1, -0.05) is 121 Å². The zero-order chi connectivity index (χ0) is 62.7. The van der Waals surface area contributed by atoms with Gasteiger partial charge in [0, 0.05) is 90.5 Å². The third-order valence-corrected chi connectivity index (χ3v) is 7.23. The largest absolute Gasteiger partial charge is 0.485 e. The minimum absolute atomic E-state index is 0. The normalized spacial score (nSPS) is 8.84. The zero-order valence-electron chi connectivity index (χ0n) is 54.5. The Morgan fingerprint density at radius 2 is 0.882 bits per heavy atom. The summed E-state index contributed by atoms with van der Waals surface area (Å²) < 4.78 is 14.0. The second-order valence-electron chi connectivity index (χ2n) is 17.9. The lowest BCUT2D eigenvalue weighted by Gasteiger charge is -2.12. The Morgan fingerprint density at radius 1 is 0.526 bits per heavy atom. The second kappa shape index (κ2) is 72.7. The molecule has 0 aromatic heterocycles. The average molecular weight is 1130 g/mol. The van der Waals surface area contributed by atoms with Crippen LogP contribution in [0.25, 0.3) is 0 Å². The molecule has 1 rings (SSSR count). The van der Waals surface area contributed by atoms with E-state index < -0.39 is 0 Å².